The smallest absolute Gasteiger partial charge is 0.296 e. The van der Waals surface area contributed by atoms with Crippen molar-refractivity contribution in [2.75, 3.05) is 16.8 Å². The third-order valence-corrected chi connectivity index (χ3v) is 4.39. The molecule has 4 rings (SSSR count). The van der Waals surface area contributed by atoms with Gasteiger partial charge < -0.3 is 14.7 Å². The van der Waals surface area contributed by atoms with Crippen molar-refractivity contribution in [3.8, 4) is 11.3 Å². The largest absolute Gasteiger partial charge is 0.350 e. The summed E-state index contributed by atoms with van der Waals surface area (Å²) in [5.74, 6) is -0.645. The Bertz CT molecular complexity index is 965. The molecule has 6 heteroatoms. The number of nitrogens with one attached hydrogen (secondary N) is 1. The number of aromatic nitrogens is 1. The summed E-state index contributed by atoms with van der Waals surface area (Å²) in [7, 11) is 0. The zero-order chi connectivity index (χ0) is 18.1. The molecule has 1 aliphatic heterocycles. The molecule has 0 saturated carbocycles. The molecule has 1 aromatic heterocycles. The van der Waals surface area contributed by atoms with Crippen LogP contribution in [0.25, 0.3) is 11.3 Å². The summed E-state index contributed by atoms with van der Waals surface area (Å²) in [5, 5.41) is 6.87. The van der Waals surface area contributed by atoms with Crippen LogP contribution in [-0.4, -0.2) is 23.5 Å². The molecule has 0 saturated heterocycles. The summed E-state index contributed by atoms with van der Waals surface area (Å²) in [6.07, 6.45) is 0. The number of amides is 2. The van der Waals surface area contributed by atoms with Crippen LogP contribution in [0, 0.1) is 5.92 Å². The van der Waals surface area contributed by atoms with E-state index < -0.39 is 0 Å². The van der Waals surface area contributed by atoms with Crippen LogP contribution in [0.1, 0.15) is 17.5 Å². The number of hydrogen-bond donors (Lipinski definition) is 1. The fourth-order valence-electron chi connectivity index (χ4n) is 2.97. The van der Waals surface area contributed by atoms with Crippen molar-refractivity contribution in [3.05, 3.63) is 66.4 Å². The van der Waals surface area contributed by atoms with E-state index in [1.54, 1.807) is 30.0 Å². The number of nitrogens with zero attached hydrogens (tertiary/aromatic N) is 2. The molecule has 26 heavy (non-hydrogen) atoms. The van der Waals surface area contributed by atoms with Gasteiger partial charge in [0.2, 0.25) is 11.7 Å². The van der Waals surface area contributed by atoms with Gasteiger partial charge in [0, 0.05) is 18.2 Å². The highest BCUT2D eigenvalue weighted by Gasteiger charge is 2.31. The van der Waals surface area contributed by atoms with E-state index in [0.29, 0.717) is 17.1 Å². The maximum Gasteiger partial charge on any atom is 0.296 e. The van der Waals surface area contributed by atoms with Crippen molar-refractivity contribution in [3.63, 3.8) is 0 Å². The average molecular weight is 347 g/mol. The number of hydrogen-bond acceptors (Lipinski definition) is 4. The third-order valence-electron chi connectivity index (χ3n) is 4.39. The molecular weight excluding hydrogens is 330 g/mol. The average Bonchev–Trinajstić information content (AvgIpc) is 3.12. The van der Waals surface area contributed by atoms with Gasteiger partial charge in [-0.3, -0.25) is 9.59 Å². The molecule has 6 nitrogen and oxygen atoms in total. The highest BCUT2D eigenvalue weighted by atomic mass is 16.5. The Balaban J connectivity index is 1.70. The van der Waals surface area contributed by atoms with Crippen molar-refractivity contribution in [1.29, 1.82) is 0 Å². The minimum Gasteiger partial charge on any atom is -0.350 e. The Morgan fingerprint density at radius 2 is 1.88 bits per heavy atom. The molecule has 0 fully saturated rings. The molecule has 1 aliphatic rings. The predicted octanol–water partition coefficient (Wildman–Crippen LogP) is 3.58. The first-order valence-corrected chi connectivity index (χ1v) is 8.37. The van der Waals surface area contributed by atoms with E-state index in [9.17, 15) is 9.59 Å². The quantitative estimate of drug-likeness (QED) is 0.769. The van der Waals surface area contributed by atoms with Crippen LogP contribution in [0.15, 0.2) is 65.2 Å². The molecular formula is C20H17N3O3. The number of carbonyl (C=O) groups is 2. The van der Waals surface area contributed by atoms with E-state index in [1.165, 1.54) is 0 Å². The van der Waals surface area contributed by atoms with E-state index in [0.717, 1.165) is 5.56 Å². The Morgan fingerprint density at radius 3 is 2.69 bits per heavy atom. The van der Waals surface area contributed by atoms with Crippen molar-refractivity contribution in [2.45, 2.75) is 6.92 Å². The number of rotatable bonds is 2. The van der Waals surface area contributed by atoms with Gasteiger partial charge in [-0.05, 0) is 12.1 Å². The van der Waals surface area contributed by atoms with Crippen LogP contribution < -0.4 is 10.2 Å². The topological polar surface area (TPSA) is 75.4 Å². The SMILES string of the molecule is CC1CN(C(=O)c2cc(-c3ccccc3)no2)c2ccccc2NC1=O. The van der Waals surface area contributed by atoms with Gasteiger partial charge in [-0.25, -0.2) is 0 Å². The van der Waals surface area contributed by atoms with Gasteiger partial charge in [0.05, 0.1) is 17.3 Å². The van der Waals surface area contributed by atoms with E-state index >= 15 is 0 Å². The van der Waals surface area contributed by atoms with Gasteiger partial charge in [-0.1, -0.05) is 54.5 Å². The number of carbonyl (C=O) groups excluding carboxylic acids is 2. The summed E-state index contributed by atoms with van der Waals surface area (Å²) in [4.78, 5) is 26.8. The monoisotopic (exact) mass is 347 g/mol. The highest BCUT2D eigenvalue weighted by Crippen LogP contribution is 2.31. The van der Waals surface area contributed by atoms with Crippen LogP contribution in [-0.2, 0) is 4.79 Å². The Hall–Kier alpha value is -3.41. The lowest BCUT2D eigenvalue weighted by Gasteiger charge is -2.22. The summed E-state index contributed by atoms with van der Waals surface area (Å²) in [6.45, 7) is 2.06. The van der Waals surface area contributed by atoms with E-state index in [-0.39, 0.29) is 30.0 Å². The lowest BCUT2D eigenvalue weighted by molar-refractivity contribution is -0.119. The van der Waals surface area contributed by atoms with Crippen LogP contribution in [0.3, 0.4) is 0 Å². The van der Waals surface area contributed by atoms with Crippen molar-refractivity contribution >= 4 is 23.2 Å². The zero-order valence-corrected chi connectivity index (χ0v) is 14.2. The molecule has 130 valence electrons. The van der Waals surface area contributed by atoms with Crippen molar-refractivity contribution in [2.24, 2.45) is 5.92 Å². The molecule has 2 amide bonds. The fourth-order valence-corrected chi connectivity index (χ4v) is 2.97. The maximum absolute atomic E-state index is 13.1. The first-order chi connectivity index (χ1) is 12.6. The summed E-state index contributed by atoms with van der Waals surface area (Å²) in [6, 6.07) is 18.4. The predicted molar refractivity (Wildman–Crippen MR) is 97.9 cm³/mol. The first kappa shape index (κ1) is 16.1. The summed E-state index contributed by atoms with van der Waals surface area (Å²) < 4.78 is 5.31. The second kappa shape index (κ2) is 6.48. The number of benzene rings is 2. The molecule has 3 aromatic rings. The lowest BCUT2D eigenvalue weighted by atomic mass is 10.1. The summed E-state index contributed by atoms with van der Waals surface area (Å²) >= 11 is 0. The molecule has 2 heterocycles. The van der Waals surface area contributed by atoms with Gasteiger partial charge >= 0.3 is 0 Å². The summed E-state index contributed by atoms with van der Waals surface area (Å²) in [5.41, 5.74) is 2.72. The Morgan fingerprint density at radius 1 is 1.15 bits per heavy atom. The number of para-hydroxylation sites is 2. The lowest BCUT2D eigenvalue weighted by Crippen LogP contribution is -2.35. The van der Waals surface area contributed by atoms with Crippen molar-refractivity contribution in [1.82, 2.24) is 5.16 Å². The first-order valence-electron chi connectivity index (χ1n) is 8.37. The second-order valence-electron chi connectivity index (χ2n) is 6.27. The molecule has 1 N–H and O–H groups in total. The standard InChI is InChI=1S/C20H17N3O3/c1-13-12-23(17-10-6-5-9-15(17)21-19(13)24)20(25)18-11-16(22-26-18)14-7-3-2-4-8-14/h2-11,13H,12H2,1H3,(H,21,24). The van der Waals surface area contributed by atoms with Gasteiger partial charge in [0.25, 0.3) is 5.91 Å². The van der Waals surface area contributed by atoms with E-state index in [1.807, 2.05) is 42.5 Å². The molecule has 1 unspecified atom stereocenters. The number of fused-ring (bicyclic) bond motifs is 1. The van der Waals surface area contributed by atoms with E-state index in [4.69, 9.17) is 4.52 Å². The maximum atomic E-state index is 13.1. The van der Waals surface area contributed by atoms with Gasteiger partial charge in [-0.2, -0.15) is 0 Å². The van der Waals surface area contributed by atoms with E-state index in [2.05, 4.69) is 10.5 Å². The highest BCUT2D eigenvalue weighted by molar-refractivity contribution is 6.09. The molecule has 0 aliphatic carbocycles. The minimum absolute atomic E-state index is 0.115. The molecule has 0 bridgehead atoms. The van der Waals surface area contributed by atoms with Crippen LogP contribution in [0.2, 0.25) is 0 Å². The molecule has 0 radical (unpaired) electrons. The van der Waals surface area contributed by atoms with Gasteiger partial charge in [-0.15, -0.1) is 0 Å². The van der Waals surface area contributed by atoms with Gasteiger partial charge in [0.15, 0.2) is 0 Å². The number of anilines is 2. The normalized spacial score (nSPS) is 16.6. The zero-order valence-electron chi connectivity index (χ0n) is 14.2. The van der Waals surface area contributed by atoms with Crippen LogP contribution in [0.5, 0.6) is 0 Å². The Labute approximate surface area is 150 Å². The second-order valence-corrected chi connectivity index (χ2v) is 6.27. The van der Waals surface area contributed by atoms with Crippen LogP contribution in [0.4, 0.5) is 11.4 Å². The molecule has 2 aromatic carbocycles. The minimum atomic E-state index is -0.345. The van der Waals surface area contributed by atoms with Crippen LogP contribution >= 0.6 is 0 Å². The molecule has 0 spiro atoms. The van der Waals surface area contributed by atoms with Crippen molar-refractivity contribution < 1.29 is 14.1 Å². The fraction of sp³-hybridized carbons (Fsp3) is 0.150. The Kier molecular flexibility index (Phi) is 4.01. The molecule has 1 atom stereocenters. The third kappa shape index (κ3) is 2.86. The van der Waals surface area contributed by atoms with Gasteiger partial charge in [0.1, 0.15) is 5.69 Å².